The smallest absolute Gasteiger partial charge is 0.184 e. The van der Waals surface area contributed by atoms with Crippen LogP contribution in [-0.2, 0) is 0 Å². The third-order valence-corrected chi connectivity index (χ3v) is 3.51. The molecule has 4 nitrogen and oxygen atoms in total. The van der Waals surface area contributed by atoms with Crippen LogP contribution in [0.25, 0.3) is 10.6 Å². The van der Waals surface area contributed by atoms with Crippen LogP contribution in [0.15, 0.2) is 39.2 Å². The highest BCUT2D eigenvalue weighted by molar-refractivity contribution is 9.10. The Labute approximate surface area is 122 Å². The number of benzene rings is 1. The molecule has 18 heavy (non-hydrogen) atoms. The van der Waals surface area contributed by atoms with Gasteiger partial charge in [0.1, 0.15) is 5.01 Å². The summed E-state index contributed by atoms with van der Waals surface area (Å²) < 4.78 is 1.05. The van der Waals surface area contributed by atoms with E-state index in [4.69, 9.17) is 5.73 Å². The number of halogens is 1. The molecule has 0 spiro atoms. The zero-order valence-corrected chi connectivity index (χ0v) is 12.3. The fourth-order valence-corrected chi connectivity index (χ4v) is 2.33. The first kappa shape index (κ1) is 13.1. The molecule has 0 aliphatic heterocycles. The maximum atomic E-state index is 5.25. The molecule has 0 aliphatic carbocycles. The first-order valence-electron chi connectivity index (χ1n) is 4.95. The van der Waals surface area contributed by atoms with E-state index in [2.05, 4.69) is 43.7 Å². The van der Waals surface area contributed by atoms with E-state index in [1.807, 2.05) is 29.6 Å². The standard InChI is InChI=1S/C11H9BrN4S2/c12-8-3-1-7(2-4-8)10-15-9(6-18-10)5-14-16-11(13)17/h1-6H,(H3,13,16,17)/b14-5+. The first-order chi connectivity index (χ1) is 8.65. The molecule has 0 radical (unpaired) electrons. The number of thiocarbonyl (C=S) groups is 1. The SMILES string of the molecule is NC(=S)N/N=C/c1csc(-c2ccc(Br)cc2)n1. The Morgan fingerprint density at radius 3 is 2.83 bits per heavy atom. The summed E-state index contributed by atoms with van der Waals surface area (Å²) in [6.07, 6.45) is 1.58. The lowest BCUT2D eigenvalue weighted by molar-refractivity contribution is 1.04. The Morgan fingerprint density at radius 1 is 1.44 bits per heavy atom. The van der Waals surface area contributed by atoms with Crippen LogP contribution in [0.3, 0.4) is 0 Å². The Hall–Kier alpha value is -1.31. The highest BCUT2D eigenvalue weighted by atomic mass is 79.9. The molecule has 2 aromatic rings. The van der Waals surface area contributed by atoms with Crippen LogP contribution < -0.4 is 11.2 Å². The fourth-order valence-electron chi connectivity index (χ4n) is 1.23. The second-order valence-electron chi connectivity index (χ2n) is 3.32. The second kappa shape index (κ2) is 6.03. The van der Waals surface area contributed by atoms with Crippen LogP contribution in [0.5, 0.6) is 0 Å². The number of hydrazone groups is 1. The van der Waals surface area contributed by atoms with Gasteiger partial charge < -0.3 is 5.73 Å². The van der Waals surface area contributed by atoms with E-state index in [9.17, 15) is 0 Å². The van der Waals surface area contributed by atoms with E-state index in [0.717, 1.165) is 20.7 Å². The van der Waals surface area contributed by atoms with Gasteiger partial charge in [-0.05, 0) is 24.4 Å². The number of aromatic nitrogens is 1. The van der Waals surface area contributed by atoms with Crippen molar-refractivity contribution < 1.29 is 0 Å². The molecular weight excluding hydrogens is 332 g/mol. The van der Waals surface area contributed by atoms with E-state index in [1.165, 1.54) is 0 Å². The van der Waals surface area contributed by atoms with Gasteiger partial charge in [0.25, 0.3) is 0 Å². The van der Waals surface area contributed by atoms with Crippen molar-refractivity contribution in [1.29, 1.82) is 0 Å². The van der Waals surface area contributed by atoms with Crippen LogP contribution >= 0.6 is 39.5 Å². The minimum absolute atomic E-state index is 0.134. The summed E-state index contributed by atoms with van der Waals surface area (Å²) in [4.78, 5) is 4.44. The van der Waals surface area contributed by atoms with Crippen LogP contribution in [0.1, 0.15) is 5.69 Å². The molecule has 1 heterocycles. The molecule has 0 saturated carbocycles. The number of nitrogens with one attached hydrogen (secondary N) is 1. The average Bonchev–Trinajstić information content (AvgIpc) is 2.78. The Balaban J connectivity index is 2.12. The van der Waals surface area contributed by atoms with Crippen molar-refractivity contribution >= 4 is 50.8 Å². The maximum absolute atomic E-state index is 5.25. The molecule has 3 N–H and O–H groups in total. The van der Waals surface area contributed by atoms with E-state index in [1.54, 1.807) is 17.6 Å². The lowest BCUT2D eigenvalue weighted by Gasteiger charge is -1.95. The van der Waals surface area contributed by atoms with Crippen molar-refractivity contribution in [2.75, 3.05) is 0 Å². The van der Waals surface area contributed by atoms with Crippen molar-refractivity contribution in [1.82, 2.24) is 10.4 Å². The van der Waals surface area contributed by atoms with E-state index >= 15 is 0 Å². The van der Waals surface area contributed by atoms with Gasteiger partial charge in [0, 0.05) is 15.4 Å². The molecular formula is C11H9BrN4S2. The summed E-state index contributed by atoms with van der Waals surface area (Å²) in [7, 11) is 0. The van der Waals surface area contributed by atoms with E-state index in [0.29, 0.717) is 0 Å². The van der Waals surface area contributed by atoms with Gasteiger partial charge in [-0.25, -0.2) is 4.98 Å². The molecule has 0 amide bonds. The number of hydrogen-bond donors (Lipinski definition) is 2. The maximum Gasteiger partial charge on any atom is 0.184 e. The highest BCUT2D eigenvalue weighted by Gasteiger charge is 2.03. The zero-order chi connectivity index (χ0) is 13.0. The van der Waals surface area contributed by atoms with Crippen molar-refractivity contribution in [3.05, 3.63) is 39.8 Å². The largest absolute Gasteiger partial charge is 0.375 e. The van der Waals surface area contributed by atoms with Crippen molar-refractivity contribution in [3.8, 4) is 10.6 Å². The minimum atomic E-state index is 0.134. The zero-order valence-electron chi connectivity index (χ0n) is 9.13. The van der Waals surface area contributed by atoms with Crippen molar-refractivity contribution in [2.24, 2.45) is 10.8 Å². The molecule has 0 fully saturated rings. The minimum Gasteiger partial charge on any atom is -0.375 e. The Kier molecular flexibility index (Phi) is 4.40. The number of thiazole rings is 1. The number of rotatable bonds is 3. The lowest BCUT2D eigenvalue weighted by Crippen LogP contribution is -2.24. The second-order valence-corrected chi connectivity index (χ2v) is 5.53. The van der Waals surface area contributed by atoms with Crippen LogP contribution in [-0.4, -0.2) is 16.3 Å². The summed E-state index contributed by atoms with van der Waals surface area (Å²) in [5.74, 6) is 0. The molecule has 1 aromatic carbocycles. The Morgan fingerprint density at radius 2 is 2.17 bits per heavy atom. The number of nitrogens with two attached hydrogens (primary N) is 1. The van der Waals surface area contributed by atoms with Gasteiger partial charge in [0.2, 0.25) is 0 Å². The molecule has 0 saturated heterocycles. The van der Waals surface area contributed by atoms with Gasteiger partial charge in [-0.3, -0.25) is 5.43 Å². The predicted molar refractivity (Wildman–Crippen MR) is 82.8 cm³/mol. The summed E-state index contributed by atoms with van der Waals surface area (Å²) >= 11 is 9.59. The molecule has 7 heteroatoms. The van der Waals surface area contributed by atoms with E-state index < -0.39 is 0 Å². The molecule has 0 atom stereocenters. The van der Waals surface area contributed by atoms with Gasteiger partial charge in [0.05, 0.1) is 11.9 Å². The average molecular weight is 341 g/mol. The third-order valence-electron chi connectivity index (χ3n) is 1.98. The number of hydrogen-bond acceptors (Lipinski definition) is 4. The monoisotopic (exact) mass is 340 g/mol. The summed E-state index contributed by atoms with van der Waals surface area (Å²) in [6.45, 7) is 0. The highest BCUT2D eigenvalue weighted by Crippen LogP contribution is 2.24. The first-order valence-corrected chi connectivity index (χ1v) is 7.03. The molecule has 2 rings (SSSR count). The Bertz CT molecular complexity index is 577. The van der Waals surface area contributed by atoms with Crippen molar-refractivity contribution in [2.45, 2.75) is 0 Å². The molecule has 0 unspecified atom stereocenters. The summed E-state index contributed by atoms with van der Waals surface area (Å²) in [5.41, 5.74) is 9.58. The van der Waals surface area contributed by atoms with Gasteiger partial charge in [-0.2, -0.15) is 5.10 Å². The predicted octanol–water partition coefficient (Wildman–Crippen LogP) is 2.74. The molecule has 0 bridgehead atoms. The van der Waals surface area contributed by atoms with Gasteiger partial charge in [-0.15, -0.1) is 11.3 Å². The normalized spacial score (nSPS) is 10.7. The molecule has 1 aromatic heterocycles. The van der Waals surface area contributed by atoms with Crippen LogP contribution in [0.2, 0.25) is 0 Å². The fraction of sp³-hybridized carbons (Fsp3) is 0. The third kappa shape index (κ3) is 3.59. The van der Waals surface area contributed by atoms with E-state index in [-0.39, 0.29) is 5.11 Å². The van der Waals surface area contributed by atoms with Crippen LogP contribution in [0.4, 0.5) is 0 Å². The number of nitrogens with zero attached hydrogens (tertiary/aromatic N) is 2. The summed E-state index contributed by atoms with van der Waals surface area (Å²) in [6, 6.07) is 7.99. The lowest BCUT2D eigenvalue weighted by atomic mass is 10.2. The molecule has 92 valence electrons. The van der Waals surface area contributed by atoms with Gasteiger partial charge >= 0.3 is 0 Å². The molecule has 0 aliphatic rings. The quantitative estimate of drug-likeness (QED) is 0.512. The van der Waals surface area contributed by atoms with Crippen LogP contribution in [0, 0.1) is 0 Å². The van der Waals surface area contributed by atoms with Gasteiger partial charge in [0.15, 0.2) is 5.11 Å². The van der Waals surface area contributed by atoms with Gasteiger partial charge in [-0.1, -0.05) is 28.1 Å². The topological polar surface area (TPSA) is 63.3 Å². The van der Waals surface area contributed by atoms with Crippen molar-refractivity contribution in [3.63, 3.8) is 0 Å². The summed E-state index contributed by atoms with van der Waals surface area (Å²) in [5, 5.41) is 6.85.